The maximum Gasteiger partial charge on any atom is 0.228 e. The van der Waals surface area contributed by atoms with Crippen LogP contribution in [0, 0.1) is 0 Å². The molecule has 0 saturated carbocycles. The Morgan fingerprint density at radius 1 is 1.00 bits per heavy atom. The van der Waals surface area contributed by atoms with Crippen LogP contribution in [0.5, 0.6) is 17.2 Å². The first-order valence-electron chi connectivity index (χ1n) is 9.69. The summed E-state index contributed by atoms with van der Waals surface area (Å²) in [5.74, 6) is 2.19. The second kappa shape index (κ2) is 5.89. The Kier molecular flexibility index (Phi) is 3.63. The van der Waals surface area contributed by atoms with E-state index in [4.69, 9.17) is 19.2 Å². The van der Waals surface area contributed by atoms with Crippen molar-refractivity contribution in [3.63, 3.8) is 0 Å². The first-order valence-corrected chi connectivity index (χ1v) is 9.69. The highest BCUT2D eigenvalue weighted by atomic mass is 16.5. The van der Waals surface area contributed by atoms with Crippen LogP contribution >= 0.6 is 0 Å². The lowest BCUT2D eigenvalue weighted by Crippen LogP contribution is -2.61. The van der Waals surface area contributed by atoms with E-state index in [1.807, 2.05) is 37.5 Å². The predicted octanol–water partition coefficient (Wildman–Crippen LogP) is 5.08. The summed E-state index contributed by atoms with van der Waals surface area (Å²) in [7, 11) is 5.40. The molecule has 0 amide bonds. The van der Waals surface area contributed by atoms with Gasteiger partial charge in [0.2, 0.25) is 5.72 Å². The molecule has 0 N–H and O–H groups in total. The summed E-state index contributed by atoms with van der Waals surface area (Å²) >= 11 is 0. The van der Waals surface area contributed by atoms with Gasteiger partial charge in [0.1, 0.15) is 11.4 Å². The highest BCUT2D eigenvalue weighted by molar-refractivity contribution is 6.01. The zero-order valence-corrected chi connectivity index (χ0v) is 17.3. The van der Waals surface area contributed by atoms with Crippen LogP contribution in [0.3, 0.4) is 0 Å². The van der Waals surface area contributed by atoms with Crippen molar-refractivity contribution in [3.05, 3.63) is 54.1 Å². The number of aliphatic imine (C=N–C) groups is 1. The highest BCUT2D eigenvalue weighted by Gasteiger charge is 2.59. The predicted molar refractivity (Wildman–Crippen MR) is 116 cm³/mol. The van der Waals surface area contributed by atoms with E-state index in [9.17, 15) is 0 Å². The minimum absolute atomic E-state index is 0.372. The van der Waals surface area contributed by atoms with Crippen LogP contribution in [-0.2, 0) is 5.41 Å². The fraction of sp³-hybridized carbons (Fsp3) is 0.292. The van der Waals surface area contributed by atoms with Crippen molar-refractivity contribution in [2.24, 2.45) is 4.99 Å². The van der Waals surface area contributed by atoms with Crippen molar-refractivity contribution >= 4 is 28.4 Å². The van der Waals surface area contributed by atoms with E-state index >= 15 is 0 Å². The summed E-state index contributed by atoms with van der Waals surface area (Å²) in [6.07, 6.45) is 1.94. The number of ether oxygens (including phenoxy) is 3. The molecule has 2 heterocycles. The molecule has 2 aliphatic rings. The first-order chi connectivity index (χ1) is 13.9. The van der Waals surface area contributed by atoms with Gasteiger partial charge >= 0.3 is 0 Å². The molecule has 1 unspecified atom stereocenters. The van der Waals surface area contributed by atoms with Crippen LogP contribution in [0.1, 0.15) is 19.4 Å². The molecule has 5 nitrogen and oxygen atoms in total. The molecule has 0 aromatic heterocycles. The SMILES string of the molecule is COc1ccc2c(c1)C(C)(C)C1(C=Nc3c(c(OC)cc4ccccc34)O1)N2C. The van der Waals surface area contributed by atoms with Crippen LogP contribution in [-0.4, -0.2) is 33.2 Å². The minimum Gasteiger partial charge on any atom is -0.497 e. The second-order valence-corrected chi connectivity index (χ2v) is 8.10. The first kappa shape index (κ1) is 17.9. The molecule has 148 valence electrons. The number of benzene rings is 3. The fourth-order valence-corrected chi connectivity index (χ4v) is 4.67. The van der Waals surface area contributed by atoms with E-state index in [0.29, 0.717) is 11.5 Å². The molecular formula is C24H24N2O3. The van der Waals surface area contributed by atoms with E-state index in [-0.39, 0.29) is 5.41 Å². The van der Waals surface area contributed by atoms with E-state index in [0.717, 1.165) is 33.5 Å². The van der Waals surface area contributed by atoms with Gasteiger partial charge in [-0.1, -0.05) is 24.3 Å². The van der Waals surface area contributed by atoms with Crippen LogP contribution in [0.25, 0.3) is 10.8 Å². The van der Waals surface area contributed by atoms with Crippen LogP contribution in [0.15, 0.2) is 53.5 Å². The maximum absolute atomic E-state index is 6.80. The molecule has 5 rings (SSSR count). The molecule has 0 aliphatic carbocycles. The molecule has 3 aromatic carbocycles. The topological polar surface area (TPSA) is 43.3 Å². The Hall–Kier alpha value is -3.21. The Bertz CT molecular complexity index is 1170. The number of methoxy groups -OCH3 is 2. The van der Waals surface area contributed by atoms with Crippen LogP contribution in [0.4, 0.5) is 11.4 Å². The zero-order valence-electron chi connectivity index (χ0n) is 17.3. The van der Waals surface area contributed by atoms with Crippen molar-refractivity contribution in [2.45, 2.75) is 25.0 Å². The fourth-order valence-electron chi connectivity index (χ4n) is 4.67. The second-order valence-electron chi connectivity index (χ2n) is 8.10. The van der Waals surface area contributed by atoms with Crippen molar-refractivity contribution < 1.29 is 14.2 Å². The molecule has 1 atom stereocenters. The van der Waals surface area contributed by atoms with Gasteiger partial charge in [-0.05, 0) is 49.1 Å². The smallest absolute Gasteiger partial charge is 0.228 e. The highest BCUT2D eigenvalue weighted by Crippen LogP contribution is 2.56. The number of hydrogen-bond acceptors (Lipinski definition) is 5. The lowest BCUT2D eigenvalue weighted by atomic mass is 9.77. The molecule has 1 spiro atoms. The molecule has 2 aliphatic heterocycles. The number of rotatable bonds is 2. The lowest BCUT2D eigenvalue weighted by molar-refractivity contribution is 0.0792. The van der Waals surface area contributed by atoms with Crippen molar-refractivity contribution in [3.8, 4) is 17.2 Å². The summed E-state index contributed by atoms with van der Waals surface area (Å²) in [5, 5.41) is 2.12. The Labute approximate surface area is 170 Å². The minimum atomic E-state index is -0.773. The zero-order chi connectivity index (χ0) is 20.4. The van der Waals surface area contributed by atoms with Gasteiger partial charge < -0.3 is 19.1 Å². The van der Waals surface area contributed by atoms with E-state index in [1.165, 1.54) is 0 Å². The van der Waals surface area contributed by atoms with Crippen LogP contribution < -0.4 is 19.1 Å². The van der Waals surface area contributed by atoms with Gasteiger partial charge in [0, 0.05) is 18.1 Å². The summed E-state index contributed by atoms with van der Waals surface area (Å²) in [6.45, 7) is 4.36. The van der Waals surface area contributed by atoms with Gasteiger partial charge in [0.25, 0.3) is 0 Å². The monoisotopic (exact) mass is 388 g/mol. The number of likely N-dealkylation sites (N-methyl/N-ethyl adjacent to an activating group) is 1. The summed E-state index contributed by atoms with van der Waals surface area (Å²) in [6, 6.07) is 16.3. The molecule has 0 bridgehead atoms. The molecule has 5 heteroatoms. The third-order valence-electron chi connectivity index (χ3n) is 6.42. The quantitative estimate of drug-likeness (QED) is 0.614. The largest absolute Gasteiger partial charge is 0.497 e. The third kappa shape index (κ3) is 2.18. The van der Waals surface area contributed by atoms with Gasteiger partial charge in [-0.2, -0.15) is 0 Å². The summed E-state index contributed by atoms with van der Waals surface area (Å²) in [4.78, 5) is 7.09. The normalized spacial score (nSPS) is 21.1. The summed E-state index contributed by atoms with van der Waals surface area (Å²) < 4.78 is 18.0. The van der Waals surface area contributed by atoms with Gasteiger partial charge in [-0.25, -0.2) is 0 Å². The number of hydrogen-bond donors (Lipinski definition) is 0. The lowest BCUT2D eigenvalue weighted by Gasteiger charge is -2.45. The maximum atomic E-state index is 6.80. The summed E-state index contributed by atoms with van der Waals surface area (Å²) in [5.41, 5.74) is 1.93. The Balaban J connectivity index is 1.73. The van der Waals surface area contributed by atoms with E-state index < -0.39 is 5.72 Å². The van der Waals surface area contributed by atoms with E-state index in [1.54, 1.807) is 14.2 Å². The molecular weight excluding hydrogens is 364 g/mol. The number of fused-ring (bicyclic) bond motifs is 4. The van der Waals surface area contributed by atoms with Crippen molar-refractivity contribution in [2.75, 3.05) is 26.2 Å². The molecule has 0 saturated heterocycles. The molecule has 0 radical (unpaired) electrons. The molecule has 3 aromatic rings. The van der Waals surface area contributed by atoms with Crippen molar-refractivity contribution in [1.82, 2.24) is 0 Å². The van der Waals surface area contributed by atoms with Crippen molar-refractivity contribution in [1.29, 1.82) is 0 Å². The number of anilines is 1. The molecule has 29 heavy (non-hydrogen) atoms. The van der Waals surface area contributed by atoms with E-state index in [2.05, 4.69) is 43.0 Å². The van der Waals surface area contributed by atoms with Gasteiger partial charge in [0.15, 0.2) is 11.5 Å². The third-order valence-corrected chi connectivity index (χ3v) is 6.42. The Morgan fingerprint density at radius 3 is 2.55 bits per heavy atom. The molecule has 0 fully saturated rings. The van der Waals surface area contributed by atoms with Gasteiger partial charge in [-0.15, -0.1) is 0 Å². The standard InChI is InChI=1S/C24H24N2O3/c1-23(2)18-13-16(27-4)10-11-19(18)26(3)24(23)14-25-21-17-9-7-6-8-15(17)12-20(28-5)22(21)29-24/h6-14H,1-5H3. The van der Waals surface area contributed by atoms with Gasteiger partial charge in [0.05, 0.1) is 25.8 Å². The van der Waals surface area contributed by atoms with Crippen LogP contribution in [0.2, 0.25) is 0 Å². The Morgan fingerprint density at radius 2 is 1.79 bits per heavy atom. The average Bonchev–Trinajstić information content (AvgIpc) is 2.91. The number of nitrogens with zero attached hydrogens (tertiary/aromatic N) is 2. The van der Waals surface area contributed by atoms with Gasteiger partial charge in [-0.3, -0.25) is 4.99 Å². The average molecular weight is 388 g/mol.